The molecule has 0 saturated heterocycles. The lowest BCUT2D eigenvalue weighted by molar-refractivity contribution is 0.0564. The molecular formula is C14H15N3O. The topological polar surface area (TPSA) is 61.8 Å². The van der Waals surface area contributed by atoms with Crippen LogP contribution in [0.1, 0.15) is 23.7 Å². The predicted octanol–water partition coefficient (Wildman–Crippen LogP) is 1.74. The molecule has 0 aliphatic carbocycles. The van der Waals surface area contributed by atoms with E-state index in [1.165, 1.54) is 0 Å². The first kappa shape index (κ1) is 12.3. The summed E-state index contributed by atoms with van der Waals surface area (Å²) in [5.41, 5.74) is 1.08. The van der Waals surface area contributed by atoms with Crippen LogP contribution < -0.4 is 0 Å². The molecule has 0 spiro atoms. The van der Waals surface area contributed by atoms with Gasteiger partial charge in [-0.15, -0.1) is 0 Å². The van der Waals surface area contributed by atoms with Gasteiger partial charge in [0.2, 0.25) is 0 Å². The summed E-state index contributed by atoms with van der Waals surface area (Å²) >= 11 is 0. The minimum absolute atomic E-state index is 0.419. The predicted molar refractivity (Wildman–Crippen MR) is 67.6 cm³/mol. The van der Waals surface area contributed by atoms with Gasteiger partial charge in [-0.2, -0.15) is 10.4 Å². The smallest absolute Gasteiger partial charge is 0.0991 e. The summed E-state index contributed by atoms with van der Waals surface area (Å²) in [5.74, 6) is 0. The molecule has 18 heavy (non-hydrogen) atoms. The molecule has 0 saturated carbocycles. The van der Waals surface area contributed by atoms with Crippen molar-refractivity contribution in [1.82, 2.24) is 9.78 Å². The first-order valence-electron chi connectivity index (χ1n) is 5.73. The molecule has 2 rings (SSSR count). The Kier molecular flexibility index (Phi) is 3.17. The van der Waals surface area contributed by atoms with E-state index in [-0.39, 0.29) is 0 Å². The highest BCUT2D eigenvalue weighted by Gasteiger charge is 2.24. The van der Waals surface area contributed by atoms with Crippen LogP contribution in [0.4, 0.5) is 0 Å². The maximum atomic E-state index is 10.5. The molecule has 4 nitrogen and oxygen atoms in total. The molecule has 0 radical (unpaired) electrons. The van der Waals surface area contributed by atoms with E-state index in [1.54, 1.807) is 29.8 Å². The monoisotopic (exact) mass is 241 g/mol. The molecule has 1 aromatic heterocycles. The molecule has 0 bridgehead atoms. The van der Waals surface area contributed by atoms with E-state index >= 15 is 0 Å². The van der Waals surface area contributed by atoms with Crippen LogP contribution >= 0.6 is 0 Å². The van der Waals surface area contributed by atoms with Gasteiger partial charge < -0.3 is 5.11 Å². The molecule has 1 unspecified atom stereocenters. The van der Waals surface area contributed by atoms with Crippen LogP contribution in [0.2, 0.25) is 0 Å². The van der Waals surface area contributed by atoms with Crippen LogP contribution in [-0.4, -0.2) is 14.9 Å². The maximum absolute atomic E-state index is 10.5. The second kappa shape index (κ2) is 4.63. The largest absolute Gasteiger partial charge is 0.385 e. The Labute approximate surface area is 106 Å². The van der Waals surface area contributed by atoms with Crippen LogP contribution in [0.3, 0.4) is 0 Å². The summed E-state index contributed by atoms with van der Waals surface area (Å²) in [6.07, 6.45) is 2.26. The van der Waals surface area contributed by atoms with E-state index in [4.69, 9.17) is 5.26 Å². The molecule has 1 aromatic carbocycles. The van der Waals surface area contributed by atoms with Crippen molar-refractivity contribution in [2.45, 2.75) is 18.9 Å². The van der Waals surface area contributed by atoms with Gasteiger partial charge in [0.05, 0.1) is 22.9 Å². The van der Waals surface area contributed by atoms with E-state index in [1.807, 2.05) is 25.4 Å². The highest BCUT2D eigenvalue weighted by molar-refractivity contribution is 5.35. The minimum atomic E-state index is -1.03. The molecule has 0 aliphatic rings. The average Bonchev–Trinajstić information content (AvgIpc) is 2.74. The summed E-state index contributed by atoms with van der Waals surface area (Å²) in [5, 5.41) is 23.6. The van der Waals surface area contributed by atoms with Crippen LogP contribution in [0.25, 0.3) is 0 Å². The van der Waals surface area contributed by atoms with Crippen LogP contribution in [0, 0.1) is 11.3 Å². The number of aromatic nitrogens is 2. The second-order valence-corrected chi connectivity index (χ2v) is 4.62. The number of hydrogen-bond donors (Lipinski definition) is 1. The minimum Gasteiger partial charge on any atom is -0.385 e. The van der Waals surface area contributed by atoms with Crippen molar-refractivity contribution >= 4 is 0 Å². The highest BCUT2D eigenvalue weighted by Crippen LogP contribution is 2.25. The maximum Gasteiger partial charge on any atom is 0.0991 e. The Balaban J connectivity index is 2.27. The van der Waals surface area contributed by atoms with E-state index in [2.05, 4.69) is 11.2 Å². The quantitative estimate of drug-likeness (QED) is 0.890. The van der Waals surface area contributed by atoms with Gasteiger partial charge >= 0.3 is 0 Å². The highest BCUT2D eigenvalue weighted by atomic mass is 16.3. The molecule has 1 heterocycles. The molecule has 1 N–H and O–H groups in total. The Morgan fingerprint density at radius 2 is 2.22 bits per heavy atom. The number of nitriles is 1. The van der Waals surface area contributed by atoms with Gasteiger partial charge in [0.1, 0.15) is 0 Å². The molecule has 0 fully saturated rings. The Hall–Kier alpha value is -2.12. The number of aliphatic hydroxyl groups is 1. The molecule has 2 aromatic rings. The average molecular weight is 241 g/mol. The van der Waals surface area contributed by atoms with Crippen molar-refractivity contribution in [3.05, 3.63) is 53.3 Å². The van der Waals surface area contributed by atoms with Gasteiger partial charge in [0.15, 0.2) is 0 Å². The first-order valence-corrected chi connectivity index (χ1v) is 5.73. The molecule has 1 atom stereocenters. The first-order chi connectivity index (χ1) is 8.51. The normalized spacial score (nSPS) is 13.9. The Bertz CT molecular complexity index is 593. The molecular weight excluding hydrogens is 226 g/mol. The number of nitrogens with zero attached hydrogens (tertiary/aromatic N) is 3. The lowest BCUT2D eigenvalue weighted by Crippen LogP contribution is -2.24. The third kappa shape index (κ3) is 2.58. The van der Waals surface area contributed by atoms with Crippen LogP contribution in [0.5, 0.6) is 0 Å². The van der Waals surface area contributed by atoms with Crippen LogP contribution in [-0.2, 0) is 19.1 Å². The lowest BCUT2D eigenvalue weighted by atomic mass is 9.90. The van der Waals surface area contributed by atoms with Crippen molar-refractivity contribution in [2.75, 3.05) is 0 Å². The fourth-order valence-electron chi connectivity index (χ4n) is 1.94. The third-order valence-corrected chi connectivity index (χ3v) is 2.91. The molecule has 0 amide bonds. The Morgan fingerprint density at radius 3 is 2.83 bits per heavy atom. The Morgan fingerprint density at radius 1 is 1.44 bits per heavy atom. The van der Waals surface area contributed by atoms with Gasteiger partial charge in [0, 0.05) is 19.7 Å². The van der Waals surface area contributed by atoms with Gasteiger partial charge in [0.25, 0.3) is 0 Å². The standard InChI is InChI=1S/C14H15N3O/c1-14(18,9-13-6-7-17(2)16-13)12-5-3-4-11(8-12)10-15/h3-8,18H,9H2,1-2H3. The van der Waals surface area contributed by atoms with E-state index in [9.17, 15) is 5.11 Å². The van der Waals surface area contributed by atoms with Crippen molar-refractivity contribution in [2.24, 2.45) is 7.05 Å². The number of hydrogen-bond acceptors (Lipinski definition) is 3. The zero-order valence-electron chi connectivity index (χ0n) is 10.5. The van der Waals surface area contributed by atoms with Crippen molar-refractivity contribution in [1.29, 1.82) is 5.26 Å². The van der Waals surface area contributed by atoms with E-state index in [0.717, 1.165) is 11.3 Å². The summed E-state index contributed by atoms with van der Waals surface area (Å²) < 4.78 is 1.71. The molecule has 0 aliphatic heterocycles. The summed E-state index contributed by atoms with van der Waals surface area (Å²) in [6.45, 7) is 1.73. The van der Waals surface area contributed by atoms with Gasteiger partial charge in [-0.3, -0.25) is 4.68 Å². The van der Waals surface area contributed by atoms with Crippen LogP contribution in [0.15, 0.2) is 36.5 Å². The molecule has 4 heteroatoms. The number of rotatable bonds is 3. The van der Waals surface area contributed by atoms with E-state index in [0.29, 0.717) is 12.0 Å². The number of aryl methyl sites for hydroxylation is 1. The fraction of sp³-hybridized carbons (Fsp3) is 0.286. The zero-order valence-corrected chi connectivity index (χ0v) is 10.5. The van der Waals surface area contributed by atoms with Crippen molar-refractivity contribution in [3.8, 4) is 6.07 Å². The van der Waals surface area contributed by atoms with Gasteiger partial charge in [-0.05, 0) is 30.7 Å². The fourth-order valence-corrected chi connectivity index (χ4v) is 1.94. The summed E-state index contributed by atoms with van der Waals surface area (Å²) in [7, 11) is 1.84. The summed E-state index contributed by atoms with van der Waals surface area (Å²) in [6, 6.07) is 11.0. The lowest BCUT2D eigenvalue weighted by Gasteiger charge is -2.23. The van der Waals surface area contributed by atoms with Gasteiger partial charge in [-0.1, -0.05) is 12.1 Å². The van der Waals surface area contributed by atoms with E-state index < -0.39 is 5.60 Å². The molecule has 92 valence electrons. The van der Waals surface area contributed by atoms with Gasteiger partial charge in [-0.25, -0.2) is 0 Å². The van der Waals surface area contributed by atoms with Crippen molar-refractivity contribution in [3.63, 3.8) is 0 Å². The summed E-state index contributed by atoms with van der Waals surface area (Å²) in [4.78, 5) is 0. The third-order valence-electron chi connectivity index (χ3n) is 2.91. The van der Waals surface area contributed by atoms with Crippen molar-refractivity contribution < 1.29 is 5.11 Å². The zero-order chi connectivity index (χ0) is 13.2. The number of benzene rings is 1. The SMILES string of the molecule is Cn1ccc(CC(C)(O)c2cccc(C#N)c2)n1. The second-order valence-electron chi connectivity index (χ2n) is 4.62.